The summed E-state index contributed by atoms with van der Waals surface area (Å²) in [5.41, 5.74) is 2.69. The van der Waals surface area contributed by atoms with Crippen LogP contribution in [-0.2, 0) is 17.6 Å². The highest BCUT2D eigenvalue weighted by atomic mass is 16.5. The summed E-state index contributed by atoms with van der Waals surface area (Å²) in [6, 6.07) is 5.74. The van der Waals surface area contributed by atoms with E-state index in [1.807, 2.05) is 32.0 Å². The summed E-state index contributed by atoms with van der Waals surface area (Å²) in [4.78, 5) is 12.0. The predicted octanol–water partition coefficient (Wildman–Crippen LogP) is 2.21. The van der Waals surface area contributed by atoms with Crippen molar-refractivity contribution in [2.24, 2.45) is 0 Å². The van der Waals surface area contributed by atoms with E-state index in [4.69, 9.17) is 14.0 Å². The van der Waals surface area contributed by atoms with Gasteiger partial charge in [0.05, 0.1) is 26.3 Å². The maximum atomic E-state index is 12.0. The lowest BCUT2D eigenvalue weighted by Crippen LogP contribution is -2.27. The topological polar surface area (TPSA) is 73.6 Å². The highest BCUT2D eigenvalue weighted by molar-refractivity contribution is 5.79. The summed E-state index contributed by atoms with van der Waals surface area (Å²) in [6.45, 7) is 4.20. The van der Waals surface area contributed by atoms with Crippen molar-refractivity contribution in [2.45, 2.75) is 26.7 Å². The number of amides is 1. The third kappa shape index (κ3) is 4.25. The van der Waals surface area contributed by atoms with Gasteiger partial charge < -0.3 is 19.3 Å². The van der Waals surface area contributed by atoms with Crippen molar-refractivity contribution in [1.82, 2.24) is 10.5 Å². The van der Waals surface area contributed by atoms with Gasteiger partial charge >= 0.3 is 0 Å². The number of methoxy groups -OCH3 is 2. The summed E-state index contributed by atoms with van der Waals surface area (Å²) in [5, 5.41) is 6.76. The van der Waals surface area contributed by atoms with Crippen LogP contribution in [0.2, 0.25) is 0 Å². The average Bonchev–Trinajstić information content (AvgIpc) is 2.86. The monoisotopic (exact) mass is 318 g/mol. The van der Waals surface area contributed by atoms with Crippen LogP contribution in [0.4, 0.5) is 0 Å². The number of carbonyl (C=O) groups excluding carboxylic acids is 1. The van der Waals surface area contributed by atoms with Crippen LogP contribution in [-0.4, -0.2) is 31.8 Å². The number of carbonyl (C=O) groups is 1. The fraction of sp³-hybridized carbons (Fsp3) is 0.412. The molecule has 0 aliphatic carbocycles. The lowest BCUT2D eigenvalue weighted by molar-refractivity contribution is -0.120. The van der Waals surface area contributed by atoms with Crippen LogP contribution >= 0.6 is 0 Å². The lowest BCUT2D eigenvalue weighted by Gasteiger charge is -2.10. The van der Waals surface area contributed by atoms with Gasteiger partial charge in [-0.2, -0.15) is 0 Å². The van der Waals surface area contributed by atoms with Crippen molar-refractivity contribution in [3.05, 3.63) is 40.8 Å². The molecule has 0 saturated heterocycles. The molecule has 1 aromatic heterocycles. The zero-order valence-electron chi connectivity index (χ0n) is 13.9. The molecule has 0 saturated carbocycles. The normalized spacial score (nSPS) is 10.4. The lowest BCUT2D eigenvalue weighted by atomic mass is 10.1. The molecule has 0 radical (unpaired) electrons. The fourth-order valence-corrected chi connectivity index (χ4v) is 2.36. The van der Waals surface area contributed by atoms with Crippen LogP contribution in [0.1, 0.15) is 22.6 Å². The van der Waals surface area contributed by atoms with E-state index in [0.717, 1.165) is 16.8 Å². The van der Waals surface area contributed by atoms with Gasteiger partial charge in [-0.3, -0.25) is 4.79 Å². The molecule has 0 spiro atoms. The van der Waals surface area contributed by atoms with Crippen LogP contribution in [0.5, 0.6) is 11.5 Å². The quantitative estimate of drug-likeness (QED) is 0.847. The minimum absolute atomic E-state index is 0.0418. The number of ether oxygens (including phenoxy) is 2. The Kier molecular flexibility index (Phi) is 5.62. The maximum Gasteiger partial charge on any atom is 0.224 e. The minimum Gasteiger partial charge on any atom is -0.493 e. The molecule has 23 heavy (non-hydrogen) atoms. The number of aromatic nitrogens is 1. The minimum atomic E-state index is -0.0418. The van der Waals surface area contributed by atoms with Crippen molar-refractivity contribution in [2.75, 3.05) is 20.8 Å². The molecular formula is C17H22N2O4. The summed E-state index contributed by atoms with van der Waals surface area (Å²) >= 11 is 0. The van der Waals surface area contributed by atoms with Crippen molar-refractivity contribution >= 4 is 5.91 Å². The zero-order chi connectivity index (χ0) is 16.8. The first-order valence-electron chi connectivity index (χ1n) is 7.44. The van der Waals surface area contributed by atoms with E-state index in [1.165, 1.54) is 0 Å². The number of aryl methyl sites for hydroxylation is 2. The Morgan fingerprint density at radius 3 is 2.57 bits per heavy atom. The van der Waals surface area contributed by atoms with Gasteiger partial charge in [-0.1, -0.05) is 11.2 Å². The van der Waals surface area contributed by atoms with Gasteiger partial charge in [-0.25, -0.2) is 0 Å². The number of hydrogen-bond donors (Lipinski definition) is 1. The van der Waals surface area contributed by atoms with Crippen molar-refractivity contribution in [1.29, 1.82) is 0 Å². The van der Waals surface area contributed by atoms with Crippen molar-refractivity contribution in [3.8, 4) is 11.5 Å². The van der Waals surface area contributed by atoms with Gasteiger partial charge in [0.15, 0.2) is 11.5 Å². The van der Waals surface area contributed by atoms with E-state index in [0.29, 0.717) is 30.2 Å². The summed E-state index contributed by atoms with van der Waals surface area (Å²) in [6.07, 6.45) is 1.00. The average molecular weight is 318 g/mol. The first-order valence-corrected chi connectivity index (χ1v) is 7.44. The number of benzene rings is 1. The molecule has 0 unspecified atom stereocenters. The van der Waals surface area contributed by atoms with Crippen LogP contribution in [0, 0.1) is 13.8 Å². The molecule has 0 bridgehead atoms. The number of nitrogens with one attached hydrogen (secondary N) is 1. The fourth-order valence-electron chi connectivity index (χ4n) is 2.36. The summed E-state index contributed by atoms with van der Waals surface area (Å²) < 4.78 is 15.5. The number of rotatable bonds is 7. The second-order valence-electron chi connectivity index (χ2n) is 5.27. The van der Waals surface area contributed by atoms with Crippen molar-refractivity contribution < 1.29 is 18.8 Å². The van der Waals surface area contributed by atoms with Gasteiger partial charge in [0.2, 0.25) is 5.91 Å². The Morgan fingerprint density at radius 1 is 1.22 bits per heavy atom. The van der Waals surface area contributed by atoms with E-state index in [-0.39, 0.29) is 12.3 Å². The molecular weight excluding hydrogens is 296 g/mol. The number of nitrogens with zero attached hydrogens (tertiary/aromatic N) is 1. The molecule has 0 aliphatic heterocycles. The van der Waals surface area contributed by atoms with Crippen LogP contribution in [0.25, 0.3) is 0 Å². The van der Waals surface area contributed by atoms with E-state index in [9.17, 15) is 4.79 Å². The SMILES string of the molecule is COc1ccc(CCNC(=O)Cc2c(C)noc2C)cc1OC. The first kappa shape index (κ1) is 16.9. The molecule has 0 fully saturated rings. The van der Waals surface area contributed by atoms with E-state index >= 15 is 0 Å². The molecule has 6 nitrogen and oxygen atoms in total. The maximum absolute atomic E-state index is 12.0. The Hall–Kier alpha value is -2.50. The third-order valence-corrected chi connectivity index (χ3v) is 3.70. The molecule has 124 valence electrons. The Labute approximate surface area is 135 Å². The van der Waals surface area contributed by atoms with E-state index in [2.05, 4.69) is 10.5 Å². The van der Waals surface area contributed by atoms with Crippen LogP contribution < -0.4 is 14.8 Å². The second-order valence-corrected chi connectivity index (χ2v) is 5.27. The molecule has 1 N–H and O–H groups in total. The van der Waals surface area contributed by atoms with Gasteiger partial charge in [0.25, 0.3) is 0 Å². The van der Waals surface area contributed by atoms with Crippen LogP contribution in [0.15, 0.2) is 22.7 Å². The second kappa shape index (κ2) is 7.67. The zero-order valence-corrected chi connectivity index (χ0v) is 13.9. The molecule has 0 atom stereocenters. The van der Waals surface area contributed by atoms with Gasteiger partial charge in [0.1, 0.15) is 5.76 Å². The smallest absolute Gasteiger partial charge is 0.224 e. The Balaban J connectivity index is 1.86. The van der Waals surface area contributed by atoms with Gasteiger partial charge in [-0.05, 0) is 38.0 Å². The first-order chi connectivity index (χ1) is 11.0. The standard InChI is InChI=1S/C17H22N2O4/c1-11-14(12(2)23-19-11)10-17(20)18-8-7-13-5-6-15(21-3)16(9-13)22-4/h5-6,9H,7-8,10H2,1-4H3,(H,18,20). The molecule has 1 heterocycles. The molecule has 1 aromatic carbocycles. The van der Waals surface area contributed by atoms with Crippen molar-refractivity contribution in [3.63, 3.8) is 0 Å². The largest absolute Gasteiger partial charge is 0.493 e. The summed E-state index contributed by atoms with van der Waals surface area (Å²) in [7, 11) is 3.21. The molecule has 1 amide bonds. The highest BCUT2D eigenvalue weighted by Crippen LogP contribution is 2.27. The van der Waals surface area contributed by atoms with E-state index in [1.54, 1.807) is 14.2 Å². The Morgan fingerprint density at radius 2 is 1.96 bits per heavy atom. The summed E-state index contributed by atoms with van der Waals surface area (Å²) in [5.74, 6) is 2.03. The molecule has 2 aromatic rings. The highest BCUT2D eigenvalue weighted by Gasteiger charge is 2.13. The van der Waals surface area contributed by atoms with Gasteiger partial charge in [-0.15, -0.1) is 0 Å². The third-order valence-electron chi connectivity index (χ3n) is 3.70. The molecule has 0 aliphatic rings. The van der Waals surface area contributed by atoms with Crippen LogP contribution in [0.3, 0.4) is 0 Å². The number of hydrogen-bond acceptors (Lipinski definition) is 5. The molecule has 6 heteroatoms. The van der Waals surface area contributed by atoms with Gasteiger partial charge in [0, 0.05) is 12.1 Å². The predicted molar refractivity (Wildman–Crippen MR) is 85.9 cm³/mol. The van der Waals surface area contributed by atoms with E-state index < -0.39 is 0 Å². The Bertz CT molecular complexity index is 660. The molecule has 2 rings (SSSR count).